The molecule has 0 spiro atoms. The van der Waals surface area contributed by atoms with Gasteiger partial charge in [-0.05, 0) is 48.7 Å². The third-order valence-electron chi connectivity index (χ3n) is 3.24. The highest BCUT2D eigenvalue weighted by Crippen LogP contribution is 2.25. The van der Waals surface area contributed by atoms with Gasteiger partial charge < -0.3 is 9.84 Å². The summed E-state index contributed by atoms with van der Waals surface area (Å²) in [6, 6.07) is 11.6. The van der Waals surface area contributed by atoms with E-state index in [1.54, 1.807) is 32.9 Å². The molecule has 0 heterocycles. The largest absolute Gasteiger partial charge is 0.460 e. The molecule has 2 aromatic carbocycles. The van der Waals surface area contributed by atoms with E-state index in [0.29, 0.717) is 5.56 Å². The molecule has 6 nitrogen and oxygen atoms in total. The summed E-state index contributed by atoms with van der Waals surface area (Å²) in [7, 11) is 0. The number of aliphatic hydroxyl groups is 1. The van der Waals surface area contributed by atoms with Crippen molar-refractivity contribution in [3.05, 3.63) is 58.5 Å². The predicted octanol–water partition coefficient (Wildman–Crippen LogP) is 3.89. The van der Waals surface area contributed by atoms with Crippen LogP contribution in [-0.4, -0.2) is 22.7 Å². The highest BCUT2D eigenvalue weighted by Gasteiger charge is 2.31. The van der Waals surface area contributed by atoms with Crippen LogP contribution in [0.3, 0.4) is 0 Å². The third kappa shape index (κ3) is 4.22. The Morgan fingerprint density at radius 2 is 1.87 bits per heavy atom. The van der Waals surface area contributed by atoms with Gasteiger partial charge in [0.1, 0.15) is 5.60 Å². The van der Waals surface area contributed by atoms with Crippen molar-refractivity contribution in [3.8, 4) is 0 Å². The van der Waals surface area contributed by atoms with E-state index in [1.165, 1.54) is 0 Å². The lowest BCUT2D eigenvalue weighted by molar-refractivity contribution is -0.159. The van der Waals surface area contributed by atoms with Crippen LogP contribution in [0.5, 0.6) is 0 Å². The standard InChI is InChI=1S/C17H19N3O3/c1-17(2,3)23-16(22)14(19-20-18)15(21)13-9-8-11-6-4-5-7-12(11)10-13/h4-10,14-15,21H,1-3H3/t14-,15+/m0/s1. The van der Waals surface area contributed by atoms with Gasteiger partial charge in [-0.3, -0.25) is 4.79 Å². The number of hydrogen-bond acceptors (Lipinski definition) is 4. The lowest BCUT2D eigenvalue weighted by atomic mass is 9.99. The molecule has 2 rings (SSSR count). The summed E-state index contributed by atoms with van der Waals surface area (Å²) in [6.07, 6.45) is -1.27. The van der Waals surface area contributed by atoms with Gasteiger partial charge in [0.2, 0.25) is 0 Å². The van der Waals surface area contributed by atoms with E-state index in [9.17, 15) is 9.90 Å². The molecule has 0 saturated heterocycles. The maximum atomic E-state index is 12.2. The van der Waals surface area contributed by atoms with Crippen molar-refractivity contribution in [2.45, 2.75) is 38.5 Å². The van der Waals surface area contributed by atoms with Crippen LogP contribution >= 0.6 is 0 Å². The molecule has 1 N–H and O–H groups in total. The number of esters is 1. The highest BCUT2D eigenvalue weighted by atomic mass is 16.6. The summed E-state index contributed by atoms with van der Waals surface area (Å²) in [5.41, 5.74) is 8.45. The number of carbonyl (C=O) groups excluding carboxylic acids is 1. The number of azide groups is 1. The fraction of sp³-hybridized carbons (Fsp3) is 0.353. The van der Waals surface area contributed by atoms with Crippen LogP contribution in [0.4, 0.5) is 0 Å². The number of fused-ring (bicyclic) bond motifs is 1. The van der Waals surface area contributed by atoms with Crippen molar-refractivity contribution in [3.63, 3.8) is 0 Å². The number of carbonyl (C=O) groups is 1. The van der Waals surface area contributed by atoms with E-state index in [1.807, 2.05) is 30.3 Å². The molecule has 0 aliphatic heterocycles. The average molecular weight is 313 g/mol. The second-order valence-electron chi connectivity index (χ2n) is 6.23. The van der Waals surface area contributed by atoms with Crippen LogP contribution in [-0.2, 0) is 9.53 Å². The molecule has 0 bridgehead atoms. The molecule has 0 saturated carbocycles. The normalized spacial score (nSPS) is 13.9. The molecule has 2 atom stereocenters. The van der Waals surface area contributed by atoms with Crippen LogP contribution in [0, 0.1) is 0 Å². The molecular formula is C17H19N3O3. The Hall–Kier alpha value is -2.56. The lowest BCUT2D eigenvalue weighted by Crippen LogP contribution is -2.34. The molecule has 2 aromatic rings. The molecule has 0 amide bonds. The first-order chi connectivity index (χ1) is 10.8. The second-order valence-corrected chi connectivity index (χ2v) is 6.23. The first-order valence-electron chi connectivity index (χ1n) is 7.25. The molecule has 0 unspecified atom stereocenters. The number of hydrogen-bond donors (Lipinski definition) is 1. The van der Waals surface area contributed by atoms with Gasteiger partial charge in [-0.15, -0.1) is 0 Å². The Morgan fingerprint density at radius 1 is 1.22 bits per heavy atom. The van der Waals surface area contributed by atoms with Gasteiger partial charge in [0, 0.05) is 4.91 Å². The zero-order valence-electron chi connectivity index (χ0n) is 13.3. The van der Waals surface area contributed by atoms with Gasteiger partial charge in [0.05, 0.1) is 6.10 Å². The van der Waals surface area contributed by atoms with E-state index < -0.39 is 23.7 Å². The number of benzene rings is 2. The van der Waals surface area contributed by atoms with Crippen molar-refractivity contribution in [1.29, 1.82) is 0 Å². The van der Waals surface area contributed by atoms with E-state index in [2.05, 4.69) is 10.0 Å². The highest BCUT2D eigenvalue weighted by molar-refractivity contribution is 5.83. The lowest BCUT2D eigenvalue weighted by Gasteiger charge is -2.24. The Kier molecular flexibility index (Phi) is 4.89. The molecule has 0 radical (unpaired) electrons. The van der Waals surface area contributed by atoms with Gasteiger partial charge in [-0.1, -0.05) is 41.5 Å². The Morgan fingerprint density at radius 3 is 2.48 bits per heavy atom. The number of rotatable bonds is 4. The smallest absolute Gasteiger partial charge is 0.318 e. The number of aliphatic hydroxyl groups excluding tert-OH is 1. The molecule has 0 fully saturated rings. The number of nitrogens with zero attached hydrogens (tertiary/aromatic N) is 3. The maximum absolute atomic E-state index is 12.2. The molecule has 120 valence electrons. The molecule has 0 aromatic heterocycles. The third-order valence-corrected chi connectivity index (χ3v) is 3.24. The predicted molar refractivity (Wildman–Crippen MR) is 87.7 cm³/mol. The van der Waals surface area contributed by atoms with Gasteiger partial charge in [0.15, 0.2) is 6.04 Å². The van der Waals surface area contributed by atoms with E-state index in [4.69, 9.17) is 10.3 Å². The Balaban J connectivity index is 2.33. The molecule has 0 aliphatic rings. The zero-order chi connectivity index (χ0) is 17.0. The fourth-order valence-electron chi connectivity index (χ4n) is 2.23. The van der Waals surface area contributed by atoms with E-state index in [0.717, 1.165) is 10.8 Å². The molecule has 23 heavy (non-hydrogen) atoms. The van der Waals surface area contributed by atoms with Crippen LogP contribution in [0.25, 0.3) is 21.2 Å². The first-order valence-corrected chi connectivity index (χ1v) is 7.25. The minimum atomic E-state index is -1.33. The van der Waals surface area contributed by atoms with Crippen LogP contribution < -0.4 is 0 Å². The van der Waals surface area contributed by atoms with Gasteiger partial charge in [-0.25, -0.2) is 0 Å². The average Bonchev–Trinajstić information content (AvgIpc) is 2.49. The van der Waals surface area contributed by atoms with Crippen molar-refractivity contribution < 1.29 is 14.6 Å². The zero-order valence-corrected chi connectivity index (χ0v) is 13.3. The molecule has 6 heteroatoms. The van der Waals surface area contributed by atoms with Crippen molar-refractivity contribution in [1.82, 2.24) is 0 Å². The summed E-state index contributed by atoms with van der Waals surface area (Å²) in [6.45, 7) is 5.13. The summed E-state index contributed by atoms with van der Waals surface area (Å²) in [4.78, 5) is 14.8. The minimum absolute atomic E-state index is 0.493. The van der Waals surface area contributed by atoms with Crippen LogP contribution in [0.2, 0.25) is 0 Å². The minimum Gasteiger partial charge on any atom is -0.460 e. The second kappa shape index (κ2) is 6.69. The van der Waals surface area contributed by atoms with Crippen molar-refractivity contribution in [2.24, 2.45) is 5.11 Å². The monoisotopic (exact) mass is 313 g/mol. The maximum Gasteiger partial charge on any atom is 0.318 e. The SMILES string of the molecule is CC(C)(C)OC(=O)[C@@H](N=[N+]=[N-])[C@H](O)c1ccc2ccccc2c1. The molecular weight excluding hydrogens is 294 g/mol. The van der Waals surface area contributed by atoms with Gasteiger partial charge >= 0.3 is 5.97 Å². The topological polar surface area (TPSA) is 95.3 Å². The van der Waals surface area contributed by atoms with Gasteiger partial charge in [-0.2, -0.15) is 0 Å². The van der Waals surface area contributed by atoms with Crippen molar-refractivity contribution >= 4 is 16.7 Å². The van der Waals surface area contributed by atoms with Crippen LogP contribution in [0.1, 0.15) is 32.4 Å². The number of ether oxygens (including phenoxy) is 1. The fourth-order valence-corrected chi connectivity index (χ4v) is 2.23. The Labute approximate surface area is 134 Å². The summed E-state index contributed by atoms with van der Waals surface area (Å²) in [5, 5.41) is 15.8. The quantitative estimate of drug-likeness (QED) is 0.401. The summed E-state index contributed by atoms with van der Waals surface area (Å²) < 4.78 is 5.22. The van der Waals surface area contributed by atoms with Crippen molar-refractivity contribution in [2.75, 3.05) is 0 Å². The first kappa shape index (κ1) is 16.8. The van der Waals surface area contributed by atoms with E-state index in [-0.39, 0.29) is 0 Å². The Bertz CT molecular complexity index is 761. The molecule has 0 aliphatic carbocycles. The van der Waals surface area contributed by atoms with E-state index >= 15 is 0 Å². The summed E-state index contributed by atoms with van der Waals surface area (Å²) >= 11 is 0. The van der Waals surface area contributed by atoms with Crippen LogP contribution in [0.15, 0.2) is 47.6 Å². The summed E-state index contributed by atoms with van der Waals surface area (Å²) in [5.74, 6) is -0.754. The van der Waals surface area contributed by atoms with Gasteiger partial charge in [0.25, 0.3) is 0 Å².